The molecular weight excluding hydrogens is 407 g/mol. The van der Waals surface area contributed by atoms with E-state index in [2.05, 4.69) is 21.6 Å². The van der Waals surface area contributed by atoms with Crippen molar-refractivity contribution in [1.82, 2.24) is 4.90 Å². The van der Waals surface area contributed by atoms with Gasteiger partial charge >= 0.3 is 0 Å². The van der Waals surface area contributed by atoms with Gasteiger partial charge in [0.15, 0.2) is 0 Å². The number of hydrogen-bond acceptors (Lipinski definition) is 5. The molecule has 2 fully saturated rings. The number of rotatable bonds is 4. The molecule has 2 unspecified atom stereocenters. The number of nitrogen functional groups attached to an aromatic ring is 1. The molecule has 6 nitrogen and oxygen atoms in total. The topological polar surface area (TPSA) is 78.7 Å². The fourth-order valence-corrected chi connectivity index (χ4v) is 4.94. The Morgan fingerprint density at radius 1 is 1.04 bits per heavy atom. The lowest BCUT2D eigenvalue weighted by Crippen LogP contribution is -2.44. The summed E-state index contributed by atoms with van der Waals surface area (Å²) < 4.78 is 27.7. The number of halogens is 2. The molecule has 0 amide bonds. The van der Waals surface area contributed by atoms with Gasteiger partial charge in [0.25, 0.3) is 10.0 Å². The van der Waals surface area contributed by atoms with Gasteiger partial charge in [-0.15, -0.1) is 24.8 Å². The molecule has 0 aromatic heterocycles. The highest BCUT2D eigenvalue weighted by molar-refractivity contribution is 7.92. The van der Waals surface area contributed by atoms with E-state index in [4.69, 9.17) is 5.73 Å². The highest BCUT2D eigenvalue weighted by Crippen LogP contribution is 2.37. The molecule has 2 aliphatic rings. The Morgan fingerprint density at radius 2 is 1.74 bits per heavy atom. The highest BCUT2D eigenvalue weighted by Gasteiger charge is 2.41. The molecule has 3 N–H and O–H groups in total. The number of nitrogens with two attached hydrogens (primary N) is 1. The van der Waals surface area contributed by atoms with E-state index in [1.807, 2.05) is 12.1 Å². The molecule has 0 spiro atoms. The minimum Gasteiger partial charge on any atom is -0.397 e. The van der Waals surface area contributed by atoms with E-state index in [0.717, 1.165) is 25.2 Å². The summed E-state index contributed by atoms with van der Waals surface area (Å²) in [7, 11) is -1.50. The van der Waals surface area contributed by atoms with E-state index in [1.54, 1.807) is 36.4 Å². The number of fused-ring (bicyclic) bond motifs is 2. The second kappa shape index (κ2) is 8.14. The van der Waals surface area contributed by atoms with E-state index in [1.165, 1.54) is 0 Å². The van der Waals surface area contributed by atoms with Crippen molar-refractivity contribution in [3.63, 3.8) is 0 Å². The first-order chi connectivity index (χ1) is 11.9. The third-order valence-corrected chi connectivity index (χ3v) is 6.54. The number of piperazine rings is 1. The summed E-state index contributed by atoms with van der Waals surface area (Å²) in [4.78, 5) is 4.86. The van der Waals surface area contributed by atoms with Gasteiger partial charge in [-0.25, -0.2) is 8.42 Å². The zero-order chi connectivity index (χ0) is 17.6. The van der Waals surface area contributed by atoms with Crippen molar-refractivity contribution < 1.29 is 8.42 Å². The molecule has 2 bridgehead atoms. The fourth-order valence-electron chi connectivity index (χ4n) is 3.84. The van der Waals surface area contributed by atoms with Crippen molar-refractivity contribution in [2.24, 2.45) is 0 Å². The Labute approximate surface area is 172 Å². The maximum atomic E-state index is 12.6. The Hall–Kier alpha value is -1.67. The zero-order valence-electron chi connectivity index (χ0n) is 14.9. The van der Waals surface area contributed by atoms with Crippen LogP contribution in [0, 0.1) is 0 Å². The molecule has 2 atom stereocenters. The number of hydrogen-bond donors (Lipinski definition) is 2. The smallest absolute Gasteiger partial charge is 0.261 e. The Morgan fingerprint density at radius 3 is 2.30 bits per heavy atom. The van der Waals surface area contributed by atoms with Crippen molar-refractivity contribution in [3.05, 3.63) is 48.5 Å². The summed E-state index contributed by atoms with van der Waals surface area (Å²) in [5.74, 6) is 0. The number of anilines is 3. The largest absolute Gasteiger partial charge is 0.397 e. The van der Waals surface area contributed by atoms with Crippen LogP contribution in [0.2, 0.25) is 0 Å². The third kappa shape index (κ3) is 4.11. The van der Waals surface area contributed by atoms with Crippen LogP contribution in [0.5, 0.6) is 0 Å². The molecule has 148 valence electrons. The van der Waals surface area contributed by atoms with Crippen LogP contribution in [0.25, 0.3) is 0 Å². The Bertz CT molecular complexity index is 893. The molecule has 9 heteroatoms. The first-order valence-corrected chi connectivity index (χ1v) is 9.86. The molecule has 2 saturated heterocycles. The average molecular weight is 431 g/mol. The maximum Gasteiger partial charge on any atom is 0.261 e. The number of nitrogens with zero attached hydrogens (tertiary/aromatic N) is 2. The van der Waals surface area contributed by atoms with Crippen molar-refractivity contribution in [2.45, 2.75) is 23.4 Å². The number of likely N-dealkylation sites (tertiary alicyclic amines) is 1. The lowest BCUT2D eigenvalue weighted by Gasteiger charge is -2.34. The number of sulfonamides is 1. The fraction of sp³-hybridized carbons (Fsp3) is 0.333. The van der Waals surface area contributed by atoms with Crippen LogP contribution >= 0.6 is 24.8 Å². The summed E-state index contributed by atoms with van der Waals surface area (Å²) in [6.45, 7) is 1.97. The van der Waals surface area contributed by atoms with Gasteiger partial charge in [-0.1, -0.05) is 18.2 Å². The average Bonchev–Trinajstić information content (AvgIpc) is 3.14. The lowest BCUT2D eigenvalue weighted by atomic mass is 10.2. The van der Waals surface area contributed by atoms with Crippen molar-refractivity contribution in [3.8, 4) is 0 Å². The van der Waals surface area contributed by atoms with Crippen LogP contribution in [0.4, 0.5) is 17.1 Å². The minimum absolute atomic E-state index is 0. The molecule has 27 heavy (non-hydrogen) atoms. The van der Waals surface area contributed by atoms with E-state index in [-0.39, 0.29) is 29.7 Å². The molecule has 0 aliphatic carbocycles. The first kappa shape index (κ1) is 21.6. The van der Waals surface area contributed by atoms with Crippen LogP contribution in [-0.4, -0.2) is 45.5 Å². The summed E-state index contributed by atoms with van der Waals surface area (Å²) in [5, 5.41) is 0. The maximum absolute atomic E-state index is 12.6. The predicted octanol–water partition coefficient (Wildman–Crippen LogP) is 2.81. The highest BCUT2D eigenvalue weighted by atomic mass is 35.5. The van der Waals surface area contributed by atoms with Crippen LogP contribution < -0.4 is 15.4 Å². The normalized spacial score (nSPS) is 21.4. The first-order valence-electron chi connectivity index (χ1n) is 8.38. The van der Waals surface area contributed by atoms with Gasteiger partial charge in [-0.05, 0) is 43.8 Å². The summed E-state index contributed by atoms with van der Waals surface area (Å²) in [5.41, 5.74) is 8.18. The van der Waals surface area contributed by atoms with Crippen molar-refractivity contribution >= 4 is 51.9 Å². The van der Waals surface area contributed by atoms with E-state index < -0.39 is 10.0 Å². The summed E-state index contributed by atoms with van der Waals surface area (Å²) in [6.07, 6.45) is 1.14. The zero-order valence-corrected chi connectivity index (χ0v) is 17.4. The second-order valence-corrected chi connectivity index (χ2v) is 8.51. The Balaban J connectivity index is 0.00000131. The second-order valence-electron chi connectivity index (χ2n) is 6.83. The lowest BCUT2D eigenvalue weighted by molar-refractivity contribution is 0.293. The van der Waals surface area contributed by atoms with Gasteiger partial charge in [0, 0.05) is 30.9 Å². The molecule has 2 aromatic rings. The van der Waals surface area contributed by atoms with Gasteiger partial charge in [0.2, 0.25) is 0 Å². The molecule has 0 radical (unpaired) electrons. The summed E-state index contributed by atoms with van der Waals surface area (Å²) >= 11 is 0. The van der Waals surface area contributed by atoms with Crippen LogP contribution in [0.3, 0.4) is 0 Å². The third-order valence-electron chi connectivity index (χ3n) is 5.16. The molecule has 2 aliphatic heterocycles. The predicted molar refractivity (Wildman–Crippen MR) is 115 cm³/mol. The molecular formula is C18H24Cl2N4O2S. The van der Waals surface area contributed by atoms with E-state index in [0.29, 0.717) is 23.5 Å². The number of benzene rings is 2. The van der Waals surface area contributed by atoms with Gasteiger partial charge in [-0.2, -0.15) is 0 Å². The number of nitrogens with one attached hydrogen (secondary N) is 1. The molecule has 2 heterocycles. The number of likely N-dealkylation sites (N-methyl/N-ethyl adjacent to an activating group) is 1. The van der Waals surface area contributed by atoms with Crippen molar-refractivity contribution in [2.75, 3.05) is 35.5 Å². The van der Waals surface area contributed by atoms with E-state index >= 15 is 0 Å². The van der Waals surface area contributed by atoms with Crippen LogP contribution in [0.15, 0.2) is 53.4 Å². The van der Waals surface area contributed by atoms with E-state index in [9.17, 15) is 8.42 Å². The number of para-hydroxylation sites is 1. The van der Waals surface area contributed by atoms with Crippen molar-refractivity contribution in [1.29, 1.82) is 0 Å². The standard InChI is InChI=1S/C18H22N4O2S.2ClH/c1-21-11-15-9-14(21)12-22(15)18-8-7-16(10-17(18)19)25(23,24)20-13-5-3-2-4-6-13;;/h2-8,10,14-15,20H,9,11-12,19H2,1H3;2*1H. The van der Waals surface area contributed by atoms with Crippen LogP contribution in [0.1, 0.15) is 6.42 Å². The summed E-state index contributed by atoms with van der Waals surface area (Å²) in [6, 6.07) is 14.9. The van der Waals surface area contributed by atoms with Gasteiger partial charge in [-0.3, -0.25) is 9.62 Å². The molecule has 2 aromatic carbocycles. The van der Waals surface area contributed by atoms with Gasteiger partial charge in [0.1, 0.15) is 0 Å². The van der Waals surface area contributed by atoms with Gasteiger partial charge < -0.3 is 10.6 Å². The molecule has 0 saturated carbocycles. The quantitative estimate of drug-likeness (QED) is 0.728. The molecule has 4 rings (SSSR count). The minimum atomic E-state index is -3.65. The van der Waals surface area contributed by atoms with Crippen LogP contribution in [-0.2, 0) is 10.0 Å². The SMILES string of the molecule is CN1CC2CC1CN2c1ccc(S(=O)(=O)Nc2ccccc2)cc1N.Cl.Cl. The monoisotopic (exact) mass is 430 g/mol. The van der Waals surface area contributed by atoms with Gasteiger partial charge in [0.05, 0.1) is 16.3 Å². The Kier molecular flexibility index (Phi) is 6.52.